The van der Waals surface area contributed by atoms with E-state index in [2.05, 4.69) is 15.3 Å². The van der Waals surface area contributed by atoms with E-state index in [1.54, 1.807) is 30.0 Å². The van der Waals surface area contributed by atoms with Crippen molar-refractivity contribution >= 4 is 32.7 Å². The molecule has 3 aromatic rings. The zero-order valence-electron chi connectivity index (χ0n) is 18.0. The first-order valence-electron chi connectivity index (χ1n) is 10.4. The standard InChI is InChI=1S/C21H22F3N5O4S/c1-13(19(30)25-14-6-7-16-17(12-14)27-20(31)26-16)28-8-10-29(11-9-28)34(32,33)18-5-3-2-4-15(18)21(22,23)24/h2-7,12-13H,8-11H2,1H3,(H,25,30)(H2,26,27,31)/t13-/m0/s1. The number of rotatable bonds is 5. The fraction of sp³-hybridized carbons (Fsp3) is 0.333. The number of hydrogen-bond acceptors (Lipinski definition) is 5. The second kappa shape index (κ2) is 8.89. The van der Waals surface area contributed by atoms with Crippen LogP contribution in [0.4, 0.5) is 18.9 Å². The van der Waals surface area contributed by atoms with Gasteiger partial charge >= 0.3 is 11.9 Å². The number of aromatic nitrogens is 2. The Labute approximate surface area is 192 Å². The molecule has 182 valence electrons. The molecule has 0 unspecified atom stereocenters. The molecule has 0 saturated carbocycles. The summed E-state index contributed by atoms with van der Waals surface area (Å²) in [5.41, 5.74) is 0.0434. The smallest absolute Gasteiger partial charge is 0.325 e. The Morgan fingerprint density at radius 1 is 1.03 bits per heavy atom. The van der Waals surface area contributed by atoms with Crippen LogP contribution in [0.3, 0.4) is 0 Å². The van der Waals surface area contributed by atoms with Crippen molar-refractivity contribution in [1.29, 1.82) is 0 Å². The van der Waals surface area contributed by atoms with Gasteiger partial charge in [-0.05, 0) is 37.3 Å². The highest BCUT2D eigenvalue weighted by Gasteiger charge is 2.40. The van der Waals surface area contributed by atoms with Gasteiger partial charge in [0.25, 0.3) is 0 Å². The van der Waals surface area contributed by atoms with Crippen LogP contribution in [0.25, 0.3) is 11.0 Å². The van der Waals surface area contributed by atoms with E-state index in [4.69, 9.17) is 0 Å². The predicted molar refractivity (Wildman–Crippen MR) is 119 cm³/mol. The quantitative estimate of drug-likeness (QED) is 0.500. The molecule has 0 spiro atoms. The number of hydrogen-bond donors (Lipinski definition) is 3. The van der Waals surface area contributed by atoms with Crippen molar-refractivity contribution < 1.29 is 26.4 Å². The highest BCUT2D eigenvalue weighted by atomic mass is 32.2. The van der Waals surface area contributed by atoms with E-state index in [-0.39, 0.29) is 37.8 Å². The van der Waals surface area contributed by atoms with Crippen LogP contribution >= 0.6 is 0 Å². The Balaban J connectivity index is 1.42. The number of alkyl halides is 3. The molecule has 1 aliphatic rings. The fourth-order valence-corrected chi connectivity index (χ4v) is 5.55. The molecule has 1 saturated heterocycles. The Morgan fingerprint density at radius 3 is 2.35 bits per heavy atom. The Morgan fingerprint density at radius 2 is 1.68 bits per heavy atom. The highest BCUT2D eigenvalue weighted by molar-refractivity contribution is 7.89. The Hall–Kier alpha value is -3.16. The lowest BCUT2D eigenvalue weighted by atomic mass is 10.2. The Bertz CT molecular complexity index is 1370. The second-order valence-corrected chi connectivity index (χ2v) is 9.85. The number of carbonyl (C=O) groups is 1. The molecule has 13 heteroatoms. The maximum atomic E-state index is 13.3. The number of imidazole rings is 1. The number of H-pyrrole nitrogens is 2. The number of anilines is 1. The van der Waals surface area contributed by atoms with E-state index in [0.29, 0.717) is 16.7 Å². The number of piperazine rings is 1. The number of carbonyl (C=O) groups excluding carboxylic acids is 1. The number of sulfonamides is 1. The number of benzene rings is 2. The van der Waals surface area contributed by atoms with Crippen LogP contribution < -0.4 is 11.0 Å². The molecular weight excluding hydrogens is 475 g/mol. The molecule has 1 atom stereocenters. The zero-order chi connectivity index (χ0) is 24.7. The van der Waals surface area contributed by atoms with E-state index >= 15 is 0 Å². The van der Waals surface area contributed by atoms with Crippen LogP contribution in [0.5, 0.6) is 0 Å². The normalized spacial score (nSPS) is 17.1. The van der Waals surface area contributed by atoms with Gasteiger partial charge in [0.15, 0.2) is 0 Å². The lowest BCUT2D eigenvalue weighted by molar-refractivity contribution is -0.140. The predicted octanol–water partition coefficient (Wildman–Crippen LogP) is 2.21. The van der Waals surface area contributed by atoms with Crippen molar-refractivity contribution in [3.05, 3.63) is 58.5 Å². The molecule has 9 nitrogen and oxygen atoms in total. The summed E-state index contributed by atoms with van der Waals surface area (Å²) in [6, 6.07) is 8.38. The minimum Gasteiger partial charge on any atom is -0.325 e. The van der Waals surface area contributed by atoms with Gasteiger partial charge in [0.05, 0.1) is 27.5 Å². The third kappa shape index (κ3) is 4.72. The molecule has 0 aliphatic carbocycles. The first kappa shape index (κ1) is 24.0. The fourth-order valence-electron chi connectivity index (χ4n) is 3.92. The summed E-state index contributed by atoms with van der Waals surface area (Å²) < 4.78 is 66.8. The number of amides is 1. The number of aromatic amines is 2. The van der Waals surface area contributed by atoms with Crippen LogP contribution in [0.2, 0.25) is 0 Å². The van der Waals surface area contributed by atoms with Crippen LogP contribution in [0, 0.1) is 0 Å². The molecule has 1 aliphatic heterocycles. The van der Waals surface area contributed by atoms with Crippen molar-refractivity contribution in [3.8, 4) is 0 Å². The SMILES string of the molecule is C[C@@H](C(=O)Nc1ccc2[nH]c(=O)[nH]c2c1)N1CCN(S(=O)(=O)c2ccccc2C(F)(F)F)CC1. The molecule has 34 heavy (non-hydrogen) atoms. The molecular formula is C21H22F3N5O4S. The van der Waals surface area contributed by atoms with E-state index in [0.717, 1.165) is 22.5 Å². The summed E-state index contributed by atoms with van der Waals surface area (Å²) in [5.74, 6) is -0.337. The summed E-state index contributed by atoms with van der Waals surface area (Å²) in [4.78, 5) is 30.3. The van der Waals surface area contributed by atoms with Crippen molar-refractivity contribution in [3.63, 3.8) is 0 Å². The number of nitrogens with one attached hydrogen (secondary N) is 3. The summed E-state index contributed by atoms with van der Waals surface area (Å²) in [6.07, 6.45) is -4.80. The van der Waals surface area contributed by atoms with E-state index in [1.807, 2.05) is 0 Å². The monoisotopic (exact) mass is 497 g/mol. The summed E-state index contributed by atoms with van der Waals surface area (Å²) in [6.45, 7) is 1.90. The van der Waals surface area contributed by atoms with Crippen LogP contribution in [-0.2, 0) is 21.0 Å². The minimum absolute atomic E-state index is 0.0529. The van der Waals surface area contributed by atoms with Gasteiger partial charge in [-0.1, -0.05) is 12.1 Å². The van der Waals surface area contributed by atoms with Gasteiger partial charge in [-0.25, -0.2) is 13.2 Å². The van der Waals surface area contributed by atoms with Crippen molar-refractivity contribution in [1.82, 2.24) is 19.2 Å². The average Bonchev–Trinajstić information content (AvgIpc) is 3.17. The third-order valence-corrected chi connectivity index (χ3v) is 7.75. The van der Waals surface area contributed by atoms with E-state index in [9.17, 15) is 31.2 Å². The van der Waals surface area contributed by atoms with Gasteiger partial charge < -0.3 is 15.3 Å². The van der Waals surface area contributed by atoms with Crippen molar-refractivity contribution in [2.45, 2.75) is 24.0 Å². The first-order chi connectivity index (χ1) is 16.0. The van der Waals surface area contributed by atoms with Gasteiger partial charge in [-0.15, -0.1) is 0 Å². The van der Waals surface area contributed by atoms with Gasteiger partial charge in [0.2, 0.25) is 15.9 Å². The molecule has 1 aromatic heterocycles. The number of fused-ring (bicyclic) bond motifs is 1. The average molecular weight is 497 g/mol. The zero-order valence-corrected chi connectivity index (χ0v) is 18.8. The van der Waals surface area contributed by atoms with Crippen molar-refractivity contribution in [2.75, 3.05) is 31.5 Å². The highest BCUT2D eigenvalue weighted by Crippen LogP contribution is 2.35. The van der Waals surface area contributed by atoms with Crippen LogP contribution in [0.15, 0.2) is 52.2 Å². The topological polar surface area (TPSA) is 118 Å². The third-order valence-electron chi connectivity index (χ3n) is 5.79. The number of nitrogens with zero attached hydrogens (tertiary/aromatic N) is 2. The summed E-state index contributed by atoms with van der Waals surface area (Å²) >= 11 is 0. The lowest BCUT2D eigenvalue weighted by Crippen LogP contribution is -2.54. The molecule has 2 heterocycles. The molecule has 2 aromatic carbocycles. The van der Waals surface area contributed by atoms with Gasteiger partial charge in [0.1, 0.15) is 0 Å². The van der Waals surface area contributed by atoms with E-state index in [1.165, 1.54) is 6.07 Å². The maximum absolute atomic E-state index is 13.3. The van der Waals surface area contributed by atoms with Gasteiger partial charge in [-0.2, -0.15) is 17.5 Å². The lowest BCUT2D eigenvalue weighted by Gasteiger charge is -2.37. The van der Waals surface area contributed by atoms with Gasteiger partial charge in [0, 0.05) is 31.9 Å². The molecule has 3 N–H and O–H groups in total. The minimum atomic E-state index is -4.80. The largest absolute Gasteiger partial charge is 0.417 e. The molecule has 0 radical (unpaired) electrons. The van der Waals surface area contributed by atoms with Crippen LogP contribution in [-0.4, -0.2) is 65.7 Å². The summed E-state index contributed by atoms with van der Waals surface area (Å²) in [5, 5.41) is 2.76. The second-order valence-electron chi connectivity index (χ2n) is 7.94. The maximum Gasteiger partial charge on any atom is 0.417 e. The molecule has 1 fully saturated rings. The molecule has 4 rings (SSSR count). The Kier molecular flexibility index (Phi) is 6.27. The van der Waals surface area contributed by atoms with Crippen molar-refractivity contribution in [2.24, 2.45) is 0 Å². The van der Waals surface area contributed by atoms with Gasteiger partial charge in [-0.3, -0.25) is 9.69 Å². The summed E-state index contributed by atoms with van der Waals surface area (Å²) in [7, 11) is -4.36. The number of halogens is 3. The molecule has 0 bridgehead atoms. The molecule has 1 amide bonds. The van der Waals surface area contributed by atoms with E-state index < -0.39 is 32.7 Å². The van der Waals surface area contributed by atoms with Crippen LogP contribution in [0.1, 0.15) is 12.5 Å². The first-order valence-corrected chi connectivity index (χ1v) is 11.8.